The van der Waals surface area contributed by atoms with Crippen molar-refractivity contribution in [3.63, 3.8) is 0 Å². The van der Waals surface area contributed by atoms with Crippen LogP contribution in [0.25, 0.3) is 11.0 Å². The number of hydrogen-bond donors (Lipinski definition) is 3. The van der Waals surface area contributed by atoms with E-state index in [9.17, 15) is 4.79 Å². The van der Waals surface area contributed by atoms with Crippen LogP contribution in [0.5, 0.6) is 5.75 Å². The molecule has 0 radical (unpaired) electrons. The molecule has 2 aromatic carbocycles. The molecule has 0 unspecified atom stereocenters. The summed E-state index contributed by atoms with van der Waals surface area (Å²) < 4.78 is 7.90. The monoisotopic (exact) mass is 342 g/mol. The lowest BCUT2D eigenvalue weighted by Gasteiger charge is -2.07. The highest BCUT2D eigenvalue weighted by Crippen LogP contribution is 2.16. The van der Waals surface area contributed by atoms with Crippen molar-refractivity contribution >= 4 is 29.0 Å². The van der Waals surface area contributed by atoms with E-state index in [0.717, 1.165) is 40.7 Å². The van der Waals surface area contributed by atoms with Crippen molar-refractivity contribution < 1.29 is 9.53 Å². The first-order valence-electron chi connectivity index (χ1n) is 7.53. The zero-order chi connectivity index (χ0) is 16.8. The minimum absolute atomic E-state index is 0.247. The van der Waals surface area contributed by atoms with Crippen LogP contribution < -0.4 is 14.8 Å². The fourth-order valence-corrected chi connectivity index (χ4v) is 2.82. The maximum absolute atomic E-state index is 11.8. The van der Waals surface area contributed by atoms with Crippen LogP contribution in [0, 0.1) is 0 Å². The number of ether oxygens (including phenoxy) is 1. The summed E-state index contributed by atoms with van der Waals surface area (Å²) in [5.74, 6) is 0.817. The van der Waals surface area contributed by atoms with E-state index in [1.54, 1.807) is 7.11 Å². The number of benzene rings is 2. The number of methoxy groups -OCH3 is 1. The number of nitrogens with zero attached hydrogens (tertiary/aromatic N) is 1. The van der Waals surface area contributed by atoms with Gasteiger partial charge in [-0.15, -0.1) is 0 Å². The molecule has 0 saturated heterocycles. The van der Waals surface area contributed by atoms with Gasteiger partial charge in [-0.05, 0) is 36.2 Å². The van der Waals surface area contributed by atoms with E-state index in [1.807, 2.05) is 48.5 Å². The Morgan fingerprint density at radius 2 is 2.12 bits per heavy atom. The molecular weight excluding hydrogens is 324 g/mol. The number of hydrogen-bond acceptors (Lipinski definition) is 4. The lowest BCUT2D eigenvalue weighted by Crippen LogP contribution is -2.32. The molecule has 3 N–H and O–H groups in total. The Kier molecular flexibility index (Phi) is 5.22. The summed E-state index contributed by atoms with van der Waals surface area (Å²) in [6.07, 6.45) is 0.736. The Morgan fingerprint density at radius 3 is 2.96 bits per heavy atom. The largest absolute Gasteiger partial charge is 0.497 e. The summed E-state index contributed by atoms with van der Waals surface area (Å²) in [6.45, 7) is 0.541. The second-order valence-corrected chi connectivity index (χ2v) is 5.92. The van der Waals surface area contributed by atoms with Crippen LogP contribution in [0.2, 0.25) is 0 Å². The SMILES string of the molecule is COc1cccc(CCNC(=O)NSc2nc3ccccc3[nH]2)c1. The number of urea groups is 1. The van der Waals surface area contributed by atoms with Gasteiger partial charge in [0.1, 0.15) is 5.75 Å². The van der Waals surface area contributed by atoms with Gasteiger partial charge in [0.15, 0.2) is 5.16 Å². The lowest BCUT2D eigenvalue weighted by atomic mass is 10.1. The lowest BCUT2D eigenvalue weighted by molar-refractivity contribution is 0.246. The van der Waals surface area contributed by atoms with Crippen molar-refractivity contribution in [1.29, 1.82) is 0 Å². The number of imidazole rings is 1. The number of fused-ring (bicyclic) bond motifs is 1. The number of carbonyl (C=O) groups is 1. The molecule has 0 aliphatic heterocycles. The standard InChI is InChI=1S/C17H18N4O2S/c1-23-13-6-4-5-12(11-13)9-10-18-16(22)21-24-17-19-14-7-2-3-8-15(14)20-17/h2-8,11H,9-10H2,1H3,(H,19,20)(H2,18,21,22). The molecule has 24 heavy (non-hydrogen) atoms. The number of para-hydroxylation sites is 2. The maximum Gasteiger partial charge on any atom is 0.325 e. The number of aromatic amines is 1. The van der Waals surface area contributed by atoms with Gasteiger partial charge in [0.05, 0.1) is 18.1 Å². The van der Waals surface area contributed by atoms with Crippen molar-refractivity contribution in [2.24, 2.45) is 0 Å². The summed E-state index contributed by atoms with van der Waals surface area (Å²) in [5, 5.41) is 3.47. The first-order chi connectivity index (χ1) is 11.7. The van der Waals surface area contributed by atoms with Gasteiger partial charge >= 0.3 is 6.03 Å². The number of amides is 2. The molecule has 6 nitrogen and oxygen atoms in total. The number of nitrogens with one attached hydrogen (secondary N) is 3. The summed E-state index contributed by atoms with van der Waals surface area (Å²) in [7, 11) is 1.64. The molecular formula is C17H18N4O2S. The van der Waals surface area contributed by atoms with Crippen molar-refractivity contribution in [2.75, 3.05) is 13.7 Å². The molecule has 124 valence electrons. The molecule has 0 spiro atoms. The number of rotatable bonds is 6. The zero-order valence-electron chi connectivity index (χ0n) is 13.2. The van der Waals surface area contributed by atoms with E-state index < -0.39 is 0 Å². The van der Waals surface area contributed by atoms with E-state index in [0.29, 0.717) is 11.7 Å². The Morgan fingerprint density at radius 1 is 1.25 bits per heavy atom. The molecule has 0 aliphatic carbocycles. The van der Waals surface area contributed by atoms with Crippen molar-refractivity contribution in [3.05, 3.63) is 54.1 Å². The molecule has 1 aromatic heterocycles. The van der Waals surface area contributed by atoms with Crippen LogP contribution in [0.3, 0.4) is 0 Å². The average Bonchev–Trinajstić information content (AvgIpc) is 3.03. The van der Waals surface area contributed by atoms with Gasteiger partial charge < -0.3 is 15.0 Å². The topological polar surface area (TPSA) is 79.0 Å². The highest BCUT2D eigenvalue weighted by atomic mass is 32.2. The Labute approximate surface area is 144 Å². The van der Waals surface area contributed by atoms with Crippen molar-refractivity contribution in [1.82, 2.24) is 20.0 Å². The first kappa shape index (κ1) is 16.2. The molecule has 2 amide bonds. The van der Waals surface area contributed by atoms with Gasteiger partial charge in [0, 0.05) is 18.5 Å². The third-order valence-electron chi connectivity index (χ3n) is 3.44. The second-order valence-electron chi connectivity index (χ2n) is 5.12. The molecule has 3 rings (SSSR count). The number of carbonyl (C=O) groups excluding carboxylic acids is 1. The summed E-state index contributed by atoms with van der Waals surface area (Å²) in [4.78, 5) is 19.4. The minimum atomic E-state index is -0.247. The van der Waals surface area contributed by atoms with Crippen LogP contribution in [0.15, 0.2) is 53.7 Å². The quantitative estimate of drug-likeness (QED) is 0.601. The summed E-state index contributed by atoms with van der Waals surface area (Å²) in [5.41, 5.74) is 2.93. The van der Waals surface area contributed by atoms with E-state index in [1.165, 1.54) is 0 Å². The van der Waals surface area contributed by atoms with Crippen LogP contribution >= 0.6 is 11.9 Å². The minimum Gasteiger partial charge on any atom is -0.497 e. The Balaban J connectivity index is 1.44. The van der Waals surface area contributed by atoms with Crippen LogP contribution in [-0.2, 0) is 6.42 Å². The third-order valence-corrected chi connectivity index (χ3v) is 4.12. The predicted octanol–water partition coefficient (Wildman–Crippen LogP) is 3.12. The molecule has 0 fully saturated rings. The number of H-pyrrole nitrogens is 1. The molecule has 7 heteroatoms. The highest BCUT2D eigenvalue weighted by molar-refractivity contribution is 7.97. The van der Waals surface area contributed by atoms with Gasteiger partial charge in [-0.1, -0.05) is 24.3 Å². The van der Waals surface area contributed by atoms with E-state index in [4.69, 9.17) is 4.74 Å². The summed E-state index contributed by atoms with van der Waals surface area (Å²) >= 11 is 1.16. The van der Waals surface area contributed by atoms with Gasteiger partial charge in [-0.3, -0.25) is 4.72 Å². The first-order valence-corrected chi connectivity index (χ1v) is 8.34. The molecule has 3 aromatic rings. The molecule has 0 aliphatic rings. The Bertz CT molecular complexity index is 801. The van der Waals surface area contributed by atoms with Gasteiger partial charge in [-0.2, -0.15) is 0 Å². The summed E-state index contributed by atoms with van der Waals surface area (Å²) in [6, 6.07) is 15.3. The molecule has 1 heterocycles. The van der Waals surface area contributed by atoms with Crippen molar-refractivity contribution in [3.8, 4) is 5.75 Å². The van der Waals surface area contributed by atoms with Gasteiger partial charge in [0.25, 0.3) is 0 Å². The smallest absolute Gasteiger partial charge is 0.325 e. The average molecular weight is 342 g/mol. The van der Waals surface area contributed by atoms with Crippen molar-refractivity contribution in [2.45, 2.75) is 11.6 Å². The van der Waals surface area contributed by atoms with Crippen LogP contribution in [-0.4, -0.2) is 29.7 Å². The maximum atomic E-state index is 11.8. The van der Waals surface area contributed by atoms with E-state index in [-0.39, 0.29) is 6.03 Å². The van der Waals surface area contributed by atoms with Crippen LogP contribution in [0.4, 0.5) is 4.79 Å². The zero-order valence-corrected chi connectivity index (χ0v) is 14.0. The highest BCUT2D eigenvalue weighted by Gasteiger charge is 2.05. The molecule has 0 bridgehead atoms. The predicted molar refractivity (Wildman–Crippen MR) is 95.2 cm³/mol. The Hall–Kier alpha value is -2.67. The fraction of sp³-hybridized carbons (Fsp3) is 0.176. The normalized spacial score (nSPS) is 10.5. The molecule has 0 atom stereocenters. The van der Waals surface area contributed by atoms with Gasteiger partial charge in [-0.25, -0.2) is 9.78 Å². The number of aromatic nitrogens is 2. The van der Waals surface area contributed by atoms with Crippen LogP contribution in [0.1, 0.15) is 5.56 Å². The fourth-order valence-electron chi connectivity index (χ4n) is 2.26. The second kappa shape index (κ2) is 7.74. The van der Waals surface area contributed by atoms with Gasteiger partial charge in [0.2, 0.25) is 0 Å². The van der Waals surface area contributed by atoms with E-state index in [2.05, 4.69) is 20.0 Å². The van der Waals surface area contributed by atoms with E-state index >= 15 is 0 Å². The molecule has 0 saturated carbocycles. The third kappa shape index (κ3) is 4.20.